The topological polar surface area (TPSA) is 101 Å². The predicted molar refractivity (Wildman–Crippen MR) is 71.7 cm³/mol. The van der Waals surface area contributed by atoms with Gasteiger partial charge >= 0.3 is 5.97 Å². The third-order valence-corrected chi connectivity index (χ3v) is 4.49. The first-order chi connectivity index (χ1) is 8.58. The van der Waals surface area contributed by atoms with Gasteiger partial charge in [-0.15, -0.1) is 0 Å². The van der Waals surface area contributed by atoms with Crippen LogP contribution >= 0.6 is 0 Å². The average molecular weight is 289 g/mol. The largest absolute Gasteiger partial charge is 0.480 e. The summed E-state index contributed by atoms with van der Waals surface area (Å²) in [5, 5.41) is 11.5. The quantitative estimate of drug-likeness (QED) is 0.850. The SMILES string of the molecule is Cc1nn(C(C)C)c(C)c1NS(=O)(=O)C(C)C(=O)O. The van der Waals surface area contributed by atoms with Crippen molar-refractivity contribution in [1.82, 2.24) is 9.78 Å². The second kappa shape index (κ2) is 5.20. The van der Waals surface area contributed by atoms with E-state index in [0.717, 1.165) is 6.92 Å². The third-order valence-electron chi connectivity index (χ3n) is 2.87. The molecule has 0 radical (unpaired) electrons. The Hall–Kier alpha value is -1.57. The van der Waals surface area contributed by atoms with Crippen LogP contribution in [0.5, 0.6) is 0 Å². The van der Waals surface area contributed by atoms with E-state index in [2.05, 4.69) is 9.82 Å². The Morgan fingerprint density at radius 2 is 1.84 bits per heavy atom. The first-order valence-corrected chi connectivity index (χ1v) is 7.42. The Labute approximate surface area is 112 Å². The summed E-state index contributed by atoms with van der Waals surface area (Å²) in [6.45, 7) is 8.40. The van der Waals surface area contributed by atoms with Crippen molar-refractivity contribution in [2.24, 2.45) is 0 Å². The van der Waals surface area contributed by atoms with E-state index in [0.29, 0.717) is 17.1 Å². The number of carboxylic acid groups (broad SMARTS) is 1. The lowest BCUT2D eigenvalue weighted by molar-refractivity contribution is -0.136. The Kier molecular flexibility index (Phi) is 4.24. The highest BCUT2D eigenvalue weighted by molar-refractivity contribution is 7.94. The van der Waals surface area contributed by atoms with Crippen LogP contribution in [0.4, 0.5) is 5.69 Å². The van der Waals surface area contributed by atoms with Crippen molar-refractivity contribution < 1.29 is 18.3 Å². The fourth-order valence-corrected chi connectivity index (χ4v) is 2.70. The fraction of sp³-hybridized carbons (Fsp3) is 0.636. The Bertz CT molecular complexity index is 589. The van der Waals surface area contributed by atoms with Gasteiger partial charge in [-0.25, -0.2) is 8.42 Å². The van der Waals surface area contributed by atoms with Crippen molar-refractivity contribution in [3.05, 3.63) is 11.4 Å². The van der Waals surface area contributed by atoms with Gasteiger partial charge in [0.1, 0.15) is 0 Å². The van der Waals surface area contributed by atoms with Crippen molar-refractivity contribution in [2.45, 2.75) is 45.9 Å². The molecule has 1 aromatic rings. The van der Waals surface area contributed by atoms with E-state index in [-0.39, 0.29) is 6.04 Å². The number of aliphatic carboxylic acids is 1. The molecule has 0 aliphatic rings. The lowest BCUT2D eigenvalue weighted by Crippen LogP contribution is -2.32. The van der Waals surface area contributed by atoms with Crippen LogP contribution in [0.25, 0.3) is 0 Å². The lowest BCUT2D eigenvalue weighted by atomic mass is 10.3. The van der Waals surface area contributed by atoms with Crippen molar-refractivity contribution in [2.75, 3.05) is 4.72 Å². The van der Waals surface area contributed by atoms with E-state index >= 15 is 0 Å². The maximum atomic E-state index is 11.9. The summed E-state index contributed by atoms with van der Waals surface area (Å²) < 4.78 is 27.8. The van der Waals surface area contributed by atoms with Crippen LogP contribution in [0.1, 0.15) is 38.2 Å². The van der Waals surface area contributed by atoms with Crippen LogP contribution in [-0.2, 0) is 14.8 Å². The second-order valence-electron chi connectivity index (χ2n) is 4.71. The Balaban J connectivity index is 3.17. The van der Waals surface area contributed by atoms with Crippen LogP contribution < -0.4 is 4.72 Å². The molecule has 8 heteroatoms. The van der Waals surface area contributed by atoms with Crippen LogP contribution in [0, 0.1) is 13.8 Å². The third kappa shape index (κ3) is 3.06. The summed E-state index contributed by atoms with van der Waals surface area (Å²) in [4.78, 5) is 10.8. The van der Waals surface area contributed by atoms with E-state index in [1.54, 1.807) is 18.5 Å². The molecule has 0 aliphatic heterocycles. The molecule has 19 heavy (non-hydrogen) atoms. The highest BCUT2D eigenvalue weighted by Gasteiger charge is 2.29. The summed E-state index contributed by atoms with van der Waals surface area (Å²) in [5.74, 6) is -1.39. The van der Waals surface area contributed by atoms with Crippen molar-refractivity contribution in [1.29, 1.82) is 0 Å². The van der Waals surface area contributed by atoms with Crippen LogP contribution in [0.2, 0.25) is 0 Å². The zero-order chi connectivity index (χ0) is 15.0. The van der Waals surface area contributed by atoms with Crippen LogP contribution in [0.15, 0.2) is 0 Å². The monoisotopic (exact) mass is 289 g/mol. The molecule has 1 unspecified atom stereocenters. The molecule has 0 saturated carbocycles. The molecule has 0 aliphatic carbocycles. The number of nitrogens with one attached hydrogen (secondary N) is 1. The number of aryl methyl sites for hydroxylation is 1. The molecule has 2 N–H and O–H groups in total. The number of aromatic nitrogens is 2. The molecule has 1 atom stereocenters. The summed E-state index contributed by atoms with van der Waals surface area (Å²) in [5.41, 5.74) is 1.53. The Morgan fingerprint density at radius 1 is 1.32 bits per heavy atom. The zero-order valence-electron chi connectivity index (χ0n) is 11.6. The smallest absolute Gasteiger partial charge is 0.323 e. The minimum Gasteiger partial charge on any atom is -0.480 e. The molecule has 7 nitrogen and oxygen atoms in total. The zero-order valence-corrected chi connectivity index (χ0v) is 12.4. The highest BCUT2D eigenvalue weighted by Crippen LogP contribution is 2.24. The molecule has 0 bridgehead atoms. The molecule has 0 amide bonds. The van der Waals surface area contributed by atoms with E-state index in [4.69, 9.17) is 5.11 Å². The van der Waals surface area contributed by atoms with Gasteiger partial charge < -0.3 is 5.11 Å². The van der Waals surface area contributed by atoms with Crippen molar-refractivity contribution in [3.63, 3.8) is 0 Å². The van der Waals surface area contributed by atoms with E-state index in [1.165, 1.54) is 0 Å². The molecule has 1 aromatic heterocycles. The summed E-state index contributed by atoms with van der Waals surface area (Å²) >= 11 is 0. The number of anilines is 1. The van der Waals surface area contributed by atoms with Gasteiger partial charge in [0, 0.05) is 6.04 Å². The highest BCUT2D eigenvalue weighted by atomic mass is 32.2. The fourth-order valence-electron chi connectivity index (χ4n) is 1.68. The Morgan fingerprint density at radius 3 is 2.21 bits per heavy atom. The predicted octanol–water partition coefficient (Wildman–Crippen LogP) is 1.30. The summed E-state index contributed by atoms with van der Waals surface area (Å²) in [7, 11) is -3.97. The van der Waals surface area contributed by atoms with Crippen LogP contribution in [-0.4, -0.2) is 34.5 Å². The van der Waals surface area contributed by atoms with Crippen LogP contribution in [0.3, 0.4) is 0 Å². The van der Waals surface area contributed by atoms with E-state index in [1.807, 2.05) is 13.8 Å². The number of carboxylic acids is 1. The molecule has 0 aromatic carbocycles. The van der Waals surface area contributed by atoms with Crippen molar-refractivity contribution >= 4 is 21.7 Å². The van der Waals surface area contributed by atoms with E-state index in [9.17, 15) is 13.2 Å². The molecule has 1 heterocycles. The van der Waals surface area contributed by atoms with Gasteiger partial charge in [-0.05, 0) is 34.6 Å². The number of hydrogen-bond acceptors (Lipinski definition) is 4. The van der Waals surface area contributed by atoms with Gasteiger partial charge in [0.05, 0.1) is 17.1 Å². The van der Waals surface area contributed by atoms with Gasteiger partial charge in [-0.3, -0.25) is 14.2 Å². The second-order valence-corrected chi connectivity index (χ2v) is 6.71. The molecule has 0 saturated heterocycles. The molecule has 0 spiro atoms. The molecule has 0 fully saturated rings. The first kappa shape index (κ1) is 15.5. The first-order valence-electron chi connectivity index (χ1n) is 5.88. The number of hydrogen-bond donors (Lipinski definition) is 2. The summed E-state index contributed by atoms with van der Waals surface area (Å²) in [6.07, 6.45) is 0. The van der Waals surface area contributed by atoms with Gasteiger partial charge in [-0.2, -0.15) is 5.10 Å². The molecular formula is C11H19N3O4S. The molecule has 108 valence electrons. The number of rotatable bonds is 5. The normalized spacial score (nSPS) is 13.6. The number of nitrogens with zero attached hydrogens (tertiary/aromatic N) is 2. The van der Waals surface area contributed by atoms with E-state index < -0.39 is 21.2 Å². The standard InChI is InChI=1S/C11H19N3O4S/c1-6(2)14-8(4)10(7(3)12-14)13-19(17,18)9(5)11(15)16/h6,9,13H,1-5H3,(H,15,16). The minimum absolute atomic E-state index is 0.0915. The molecule has 1 rings (SSSR count). The number of carbonyl (C=O) groups is 1. The average Bonchev–Trinajstić information content (AvgIpc) is 2.55. The van der Waals surface area contributed by atoms with Gasteiger partial charge in [0.25, 0.3) is 0 Å². The maximum absolute atomic E-state index is 11.9. The number of sulfonamides is 1. The minimum atomic E-state index is -3.97. The van der Waals surface area contributed by atoms with Gasteiger partial charge in [0.2, 0.25) is 10.0 Å². The summed E-state index contributed by atoms with van der Waals surface area (Å²) in [6, 6.07) is 0.0915. The van der Waals surface area contributed by atoms with Gasteiger partial charge in [0.15, 0.2) is 5.25 Å². The molecular weight excluding hydrogens is 270 g/mol. The lowest BCUT2D eigenvalue weighted by Gasteiger charge is -2.12. The maximum Gasteiger partial charge on any atom is 0.323 e. The van der Waals surface area contributed by atoms with Gasteiger partial charge in [-0.1, -0.05) is 0 Å². The van der Waals surface area contributed by atoms with Crippen molar-refractivity contribution in [3.8, 4) is 0 Å².